The molecule has 3 saturated heterocycles. The highest BCUT2D eigenvalue weighted by atomic mass is 32.2. The molecule has 3 heterocycles. The molecule has 4 rings (SSSR count). The van der Waals surface area contributed by atoms with Crippen LogP contribution in [0.5, 0.6) is 0 Å². The molecule has 1 amide bonds. The molecule has 7 heteroatoms. The molecule has 1 aromatic rings. The first-order valence-corrected chi connectivity index (χ1v) is 8.11. The summed E-state index contributed by atoms with van der Waals surface area (Å²) < 4.78 is 36.8. The molecule has 3 aliphatic heterocycles. The van der Waals surface area contributed by atoms with Gasteiger partial charge in [0.1, 0.15) is 0 Å². The average Bonchev–Trinajstić information content (AvgIpc) is 2.47. The van der Waals surface area contributed by atoms with E-state index >= 15 is 0 Å². The molecule has 0 unspecified atom stereocenters. The molecule has 1 aromatic carbocycles. The zero-order valence-corrected chi connectivity index (χ0v) is 12.7. The van der Waals surface area contributed by atoms with Crippen LogP contribution in [0, 0.1) is 5.92 Å². The van der Waals surface area contributed by atoms with Crippen LogP contribution in [0.3, 0.4) is 0 Å². The third-order valence-corrected chi connectivity index (χ3v) is 5.06. The van der Waals surface area contributed by atoms with Gasteiger partial charge >= 0.3 is 5.51 Å². The predicted octanol–water partition coefficient (Wildman–Crippen LogP) is 3.12. The van der Waals surface area contributed by atoms with Gasteiger partial charge in [0.25, 0.3) is 5.91 Å². The van der Waals surface area contributed by atoms with Gasteiger partial charge in [-0.05, 0) is 67.9 Å². The first-order chi connectivity index (χ1) is 10.4. The molecule has 3 nitrogen and oxygen atoms in total. The van der Waals surface area contributed by atoms with E-state index in [9.17, 15) is 18.0 Å². The Morgan fingerprint density at radius 1 is 1.18 bits per heavy atom. The van der Waals surface area contributed by atoms with Gasteiger partial charge in [-0.3, -0.25) is 4.79 Å². The SMILES string of the molecule is O=C(N[C@@H]1CN2CCC1CC2)c1ccc(SC(F)(F)F)cc1. The van der Waals surface area contributed by atoms with Gasteiger partial charge in [-0.15, -0.1) is 0 Å². The van der Waals surface area contributed by atoms with Crippen molar-refractivity contribution in [2.75, 3.05) is 19.6 Å². The van der Waals surface area contributed by atoms with Crippen molar-refractivity contribution in [1.82, 2.24) is 10.2 Å². The van der Waals surface area contributed by atoms with Crippen LogP contribution in [-0.4, -0.2) is 42.0 Å². The summed E-state index contributed by atoms with van der Waals surface area (Å²) in [6.45, 7) is 3.07. The minimum atomic E-state index is -4.31. The standard InChI is InChI=1S/C15H17F3N2OS/c16-15(17,18)22-12-3-1-11(2-4-12)14(21)19-13-9-20-7-5-10(13)6-8-20/h1-4,10,13H,5-9H2,(H,19,21)/t13-/m1/s1. The number of hydrogen-bond donors (Lipinski definition) is 1. The lowest BCUT2D eigenvalue weighted by Crippen LogP contribution is -2.57. The fourth-order valence-electron chi connectivity index (χ4n) is 3.19. The number of hydrogen-bond acceptors (Lipinski definition) is 3. The van der Waals surface area contributed by atoms with Gasteiger partial charge in [0.15, 0.2) is 0 Å². The van der Waals surface area contributed by atoms with Crippen molar-refractivity contribution in [3.8, 4) is 0 Å². The molecule has 0 spiro atoms. The van der Waals surface area contributed by atoms with E-state index in [-0.39, 0.29) is 28.6 Å². The molecule has 22 heavy (non-hydrogen) atoms. The number of alkyl halides is 3. The number of thioether (sulfide) groups is 1. The summed E-state index contributed by atoms with van der Waals surface area (Å²) >= 11 is -0.172. The number of halogens is 3. The molecule has 0 saturated carbocycles. The lowest BCUT2D eigenvalue weighted by Gasteiger charge is -2.44. The summed E-state index contributed by atoms with van der Waals surface area (Å²) in [4.78, 5) is 14.7. The second-order valence-electron chi connectivity index (χ2n) is 5.79. The molecule has 1 atom stereocenters. The number of piperidine rings is 3. The van der Waals surface area contributed by atoms with Gasteiger partial charge < -0.3 is 10.2 Å². The van der Waals surface area contributed by atoms with E-state index < -0.39 is 5.51 Å². The molecular formula is C15H17F3N2OS. The van der Waals surface area contributed by atoms with Gasteiger partial charge in [-0.25, -0.2) is 0 Å². The lowest BCUT2D eigenvalue weighted by atomic mass is 9.84. The largest absolute Gasteiger partial charge is 0.446 e. The Kier molecular flexibility index (Phi) is 4.36. The fourth-order valence-corrected chi connectivity index (χ4v) is 3.73. The summed E-state index contributed by atoms with van der Waals surface area (Å²) in [5.41, 5.74) is -3.90. The Balaban J connectivity index is 1.60. The van der Waals surface area contributed by atoms with Gasteiger partial charge in [0.05, 0.1) is 0 Å². The molecule has 0 radical (unpaired) electrons. The van der Waals surface area contributed by atoms with Crippen LogP contribution < -0.4 is 5.32 Å². The van der Waals surface area contributed by atoms with Crippen molar-refractivity contribution in [3.63, 3.8) is 0 Å². The molecule has 0 aromatic heterocycles. The summed E-state index contributed by atoms with van der Waals surface area (Å²) in [7, 11) is 0. The van der Waals surface area contributed by atoms with E-state index in [0.717, 1.165) is 32.5 Å². The van der Waals surface area contributed by atoms with Crippen LogP contribution in [0.4, 0.5) is 13.2 Å². The van der Waals surface area contributed by atoms with Crippen LogP contribution in [0.15, 0.2) is 29.2 Å². The third kappa shape index (κ3) is 3.76. The summed E-state index contributed by atoms with van der Waals surface area (Å²) in [5, 5.41) is 3.02. The lowest BCUT2D eigenvalue weighted by molar-refractivity contribution is -0.0328. The van der Waals surface area contributed by atoms with E-state index in [1.54, 1.807) is 0 Å². The quantitative estimate of drug-likeness (QED) is 0.864. The second-order valence-corrected chi connectivity index (χ2v) is 6.93. The normalized spacial score (nSPS) is 27.7. The monoisotopic (exact) mass is 330 g/mol. The van der Waals surface area contributed by atoms with E-state index in [2.05, 4.69) is 10.2 Å². The molecule has 3 fully saturated rings. The molecule has 2 bridgehead atoms. The summed E-state index contributed by atoms with van der Waals surface area (Å²) in [6.07, 6.45) is 2.21. The first-order valence-electron chi connectivity index (χ1n) is 7.30. The van der Waals surface area contributed by atoms with Crippen molar-refractivity contribution < 1.29 is 18.0 Å². The van der Waals surface area contributed by atoms with Crippen molar-refractivity contribution in [2.24, 2.45) is 5.92 Å². The van der Waals surface area contributed by atoms with E-state index in [1.807, 2.05) is 0 Å². The number of rotatable bonds is 3. The topological polar surface area (TPSA) is 32.3 Å². The zero-order valence-electron chi connectivity index (χ0n) is 11.9. The van der Waals surface area contributed by atoms with Crippen LogP contribution in [-0.2, 0) is 0 Å². The second kappa shape index (κ2) is 6.12. The van der Waals surface area contributed by atoms with Gasteiger partial charge in [-0.2, -0.15) is 13.2 Å². The van der Waals surface area contributed by atoms with Crippen LogP contribution in [0.2, 0.25) is 0 Å². The fraction of sp³-hybridized carbons (Fsp3) is 0.533. The Morgan fingerprint density at radius 3 is 2.32 bits per heavy atom. The third-order valence-electron chi connectivity index (χ3n) is 4.32. The maximum atomic E-state index is 12.3. The van der Waals surface area contributed by atoms with Crippen LogP contribution in [0.25, 0.3) is 0 Å². The Hall–Kier alpha value is -1.21. The van der Waals surface area contributed by atoms with Crippen molar-refractivity contribution in [2.45, 2.75) is 29.3 Å². The minimum Gasteiger partial charge on any atom is -0.348 e. The van der Waals surface area contributed by atoms with E-state index in [1.165, 1.54) is 24.3 Å². The molecule has 3 aliphatic rings. The van der Waals surface area contributed by atoms with E-state index in [4.69, 9.17) is 0 Å². The smallest absolute Gasteiger partial charge is 0.348 e. The molecule has 120 valence electrons. The average molecular weight is 330 g/mol. The van der Waals surface area contributed by atoms with E-state index in [0.29, 0.717) is 11.5 Å². The number of carbonyl (C=O) groups is 1. The number of carbonyl (C=O) groups excluding carboxylic acids is 1. The Labute approximate surface area is 131 Å². The Bertz CT molecular complexity index is 539. The zero-order chi connectivity index (χ0) is 15.7. The van der Waals surface area contributed by atoms with Crippen molar-refractivity contribution >= 4 is 17.7 Å². The molecule has 1 N–H and O–H groups in total. The van der Waals surface area contributed by atoms with Crippen molar-refractivity contribution in [3.05, 3.63) is 29.8 Å². The number of benzene rings is 1. The predicted molar refractivity (Wildman–Crippen MR) is 78.8 cm³/mol. The maximum Gasteiger partial charge on any atom is 0.446 e. The highest BCUT2D eigenvalue weighted by molar-refractivity contribution is 8.00. The number of nitrogens with one attached hydrogen (secondary N) is 1. The summed E-state index contributed by atoms with van der Waals surface area (Å²) in [6, 6.07) is 5.72. The maximum absolute atomic E-state index is 12.3. The van der Waals surface area contributed by atoms with Gasteiger partial charge in [-0.1, -0.05) is 0 Å². The highest BCUT2D eigenvalue weighted by Crippen LogP contribution is 2.36. The number of amides is 1. The summed E-state index contributed by atoms with van der Waals surface area (Å²) in [5.74, 6) is 0.316. The highest BCUT2D eigenvalue weighted by Gasteiger charge is 2.35. The molecule has 0 aliphatic carbocycles. The van der Waals surface area contributed by atoms with Crippen molar-refractivity contribution in [1.29, 1.82) is 0 Å². The van der Waals surface area contributed by atoms with Crippen LogP contribution in [0.1, 0.15) is 23.2 Å². The van der Waals surface area contributed by atoms with Crippen LogP contribution >= 0.6 is 11.8 Å². The first kappa shape index (κ1) is 15.7. The van der Waals surface area contributed by atoms with Gasteiger partial charge in [0.2, 0.25) is 0 Å². The van der Waals surface area contributed by atoms with Gasteiger partial charge in [0, 0.05) is 23.0 Å². The Morgan fingerprint density at radius 2 is 1.82 bits per heavy atom. The number of fused-ring (bicyclic) bond motifs is 3. The molecular weight excluding hydrogens is 313 g/mol. The minimum absolute atomic E-state index is 0.0897. The number of nitrogens with zero attached hydrogens (tertiary/aromatic N) is 1.